The molecule has 0 saturated heterocycles. The van der Waals surface area contributed by atoms with Crippen LogP contribution in [0.3, 0.4) is 0 Å². The monoisotopic (exact) mass is 916 g/mol. The minimum Gasteiger partial charge on any atom is -0.311 e. The third kappa shape index (κ3) is 5.69. The summed E-state index contributed by atoms with van der Waals surface area (Å²) in [5, 5.41) is 1.31. The molecular formula is C66H53BN2S. The molecule has 3 heterocycles. The summed E-state index contributed by atoms with van der Waals surface area (Å²) in [6.07, 6.45) is 0. The van der Waals surface area contributed by atoms with Gasteiger partial charge in [-0.3, -0.25) is 0 Å². The summed E-state index contributed by atoms with van der Waals surface area (Å²) in [7, 11) is 0. The predicted octanol–water partition coefficient (Wildman–Crippen LogP) is 16.0. The van der Waals surface area contributed by atoms with E-state index in [9.17, 15) is 0 Å². The third-order valence-corrected chi connectivity index (χ3v) is 17.3. The highest BCUT2D eigenvalue weighted by atomic mass is 32.1. The van der Waals surface area contributed by atoms with Crippen LogP contribution < -0.4 is 25.5 Å². The van der Waals surface area contributed by atoms with Crippen LogP contribution in [0, 0.1) is 13.8 Å². The minimum atomic E-state index is -0.420. The van der Waals surface area contributed by atoms with E-state index in [1.807, 2.05) is 11.3 Å². The van der Waals surface area contributed by atoms with Crippen molar-refractivity contribution in [3.05, 3.63) is 233 Å². The van der Waals surface area contributed by atoms with Gasteiger partial charge in [-0.1, -0.05) is 174 Å². The van der Waals surface area contributed by atoms with E-state index in [4.69, 9.17) is 0 Å². The van der Waals surface area contributed by atoms with Crippen LogP contribution in [0.4, 0.5) is 34.1 Å². The van der Waals surface area contributed by atoms with E-state index in [0.717, 1.165) is 0 Å². The lowest BCUT2D eigenvalue weighted by molar-refractivity contribution is 0.590. The van der Waals surface area contributed by atoms with E-state index in [1.54, 1.807) is 0 Å². The summed E-state index contributed by atoms with van der Waals surface area (Å²) in [5.41, 5.74) is 28.3. The van der Waals surface area contributed by atoms with Crippen LogP contribution in [0.25, 0.3) is 43.5 Å². The molecular weight excluding hydrogens is 864 g/mol. The molecule has 2 aliphatic heterocycles. The first-order valence-corrected chi connectivity index (χ1v) is 25.9. The molecule has 9 aromatic carbocycles. The van der Waals surface area contributed by atoms with E-state index in [-0.39, 0.29) is 12.1 Å². The van der Waals surface area contributed by atoms with Gasteiger partial charge in [-0.2, -0.15) is 0 Å². The molecule has 1 spiro atoms. The zero-order valence-corrected chi connectivity index (χ0v) is 41.7. The molecule has 0 radical (unpaired) electrons. The van der Waals surface area contributed by atoms with Gasteiger partial charge in [0.2, 0.25) is 0 Å². The summed E-state index contributed by atoms with van der Waals surface area (Å²) in [6.45, 7) is 16.0. The Morgan fingerprint density at radius 1 is 0.500 bits per heavy atom. The molecule has 1 aromatic heterocycles. The molecule has 0 atom stereocenters. The average molecular weight is 917 g/mol. The molecule has 2 nitrogen and oxygen atoms in total. The largest absolute Gasteiger partial charge is 0.311 e. The second-order valence-corrected chi connectivity index (χ2v) is 22.7. The van der Waals surface area contributed by atoms with Crippen LogP contribution >= 0.6 is 11.3 Å². The van der Waals surface area contributed by atoms with Gasteiger partial charge in [0, 0.05) is 43.3 Å². The van der Waals surface area contributed by atoms with Crippen molar-refractivity contribution in [2.75, 3.05) is 9.80 Å². The summed E-state index contributed by atoms with van der Waals surface area (Å²) >= 11 is 2.01. The highest BCUT2D eigenvalue weighted by Crippen LogP contribution is 2.64. The number of benzene rings is 9. The van der Waals surface area contributed by atoms with E-state index in [0.29, 0.717) is 5.92 Å². The van der Waals surface area contributed by atoms with Crippen LogP contribution in [-0.4, -0.2) is 6.71 Å². The van der Waals surface area contributed by atoms with Crippen molar-refractivity contribution in [3.8, 4) is 33.4 Å². The Morgan fingerprint density at radius 3 is 1.80 bits per heavy atom. The fraction of sp³-hybridized carbons (Fsp3) is 0.152. The number of anilines is 6. The molecule has 0 saturated carbocycles. The van der Waals surface area contributed by atoms with Crippen LogP contribution in [0.5, 0.6) is 0 Å². The van der Waals surface area contributed by atoms with Gasteiger partial charge in [0.25, 0.3) is 6.71 Å². The fourth-order valence-electron chi connectivity index (χ4n) is 12.8. The van der Waals surface area contributed by atoms with Crippen LogP contribution in [0.2, 0.25) is 0 Å². The number of aryl methyl sites for hydroxylation is 2. The second-order valence-electron chi connectivity index (χ2n) is 21.6. The second kappa shape index (κ2) is 14.8. The first-order chi connectivity index (χ1) is 34.0. The van der Waals surface area contributed by atoms with Gasteiger partial charge in [0.05, 0.1) is 11.1 Å². The molecule has 0 unspecified atom stereocenters. The normalized spacial score (nSPS) is 14.4. The van der Waals surface area contributed by atoms with Crippen molar-refractivity contribution in [2.24, 2.45) is 0 Å². The molecule has 0 amide bonds. The lowest BCUT2D eigenvalue weighted by atomic mass is 9.36. The Balaban J connectivity index is 1.08. The van der Waals surface area contributed by atoms with Gasteiger partial charge in [-0.05, 0) is 163 Å². The van der Waals surface area contributed by atoms with Crippen molar-refractivity contribution in [3.63, 3.8) is 0 Å². The van der Waals surface area contributed by atoms with Crippen molar-refractivity contribution in [1.29, 1.82) is 0 Å². The van der Waals surface area contributed by atoms with Crippen molar-refractivity contribution < 1.29 is 0 Å². The van der Waals surface area contributed by atoms with Gasteiger partial charge in [0.15, 0.2) is 0 Å². The van der Waals surface area contributed by atoms with E-state index in [2.05, 4.69) is 246 Å². The maximum Gasteiger partial charge on any atom is 0.264 e. The number of hydrogen-bond acceptors (Lipinski definition) is 3. The summed E-state index contributed by atoms with van der Waals surface area (Å²) < 4.78 is 2.72. The SMILES string of the molecule is Cc1cc2c3c(c1)N(c1ccc(C(C)C)cc1)c1c(sc4cc5c(cc14)-c1ccc(C)cc1C51c4ccccc4-c4ccccc41)B3c1ccc(-c3ccccc3)cc1N2c1ccc(C(C)(C)C)cc1. The number of thiophene rings is 1. The average Bonchev–Trinajstić information content (AvgIpc) is 3.99. The molecule has 4 heteroatoms. The molecule has 70 heavy (non-hydrogen) atoms. The number of rotatable bonds is 4. The molecule has 2 aliphatic carbocycles. The fourth-order valence-corrected chi connectivity index (χ4v) is 14.2. The van der Waals surface area contributed by atoms with Gasteiger partial charge >= 0.3 is 0 Å². The molecule has 10 aromatic rings. The predicted molar refractivity (Wildman–Crippen MR) is 300 cm³/mol. The summed E-state index contributed by atoms with van der Waals surface area (Å²) in [4.78, 5) is 5.21. The standard InChI is InChI=1S/C66H53BN2S/c1-39(2)42-22-27-47(28-23-42)69-60-35-41(4)34-59-62(60)67(57-32-24-44(43-15-9-8-10-16-43)36-58(57)68(59)46-29-25-45(26-30-46)65(5,6)7)64-63(69)52-37-51-50-31-21-40(3)33-55(50)66(56(51)38-61(52)70-64)53-19-13-11-17-48(53)49-18-12-14-20-54(49)66/h8-39H,1-7H3. The molecule has 4 aliphatic rings. The highest BCUT2D eigenvalue weighted by molar-refractivity contribution is 7.33. The first kappa shape index (κ1) is 41.6. The highest BCUT2D eigenvalue weighted by Gasteiger charge is 2.53. The molecule has 0 bridgehead atoms. The maximum absolute atomic E-state index is 2.64. The van der Waals surface area contributed by atoms with Crippen molar-refractivity contribution in [1.82, 2.24) is 0 Å². The third-order valence-electron chi connectivity index (χ3n) is 16.1. The zero-order valence-electron chi connectivity index (χ0n) is 40.9. The Hall–Kier alpha value is -7.40. The summed E-state index contributed by atoms with van der Waals surface area (Å²) in [5.74, 6) is 0.434. The van der Waals surface area contributed by atoms with Gasteiger partial charge in [-0.25, -0.2) is 0 Å². The molecule has 336 valence electrons. The van der Waals surface area contributed by atoms with Gasteiger partial charge in [-0.15, -0.1) is 11.3 Å². The quantitative estimate of drug-likeness (QED) is 0.162. The Kier molecular flexibility index (Phi) is 8.79. The lowest BCUT2D eigenvalue weighted by Crippen LogP contribution is -2.60. The van der Waals surface area contributed by atoms with Crippen LogP contribution in [-0.2, 0) is 10.8 Å². The van der Waals surface area contributed by atoms with Crippen molar-refractivity contribution in [2.45, 2.75) is 65.2 Å². The van der Waals surface area contributed by atoms with E-state index < -0.39 is 5.41 Å². The maximum atomic E-state index is 2.64. The molecule has 14 rings (SSSR count). The number of fused-ring (bicyclic) bond motifs is 16. The van der Waals surface area contributed by atoms with Gasteiger partial charge < -0.3 is 9.80 Å². The minimum absolute atomic E-state index is 0.0146. The molecule has 0 N–H and O–H groups in total. The zero-order chi connectivity index (χ0) is 47.4. The first-order valence-electron chi connectivity index (χ1n) is 25.1. The lowest BCUT2D eigenvalue weighted by Gasteiger charge is -2.43. The smallest absolute Gasteiger partial charge is 0.264 e. The Bertz CT molecular complexity index is 3770. The topological polar surface area (TPSA) is 6.48 Å². The number of hydrogen-bond donors (Lipinski definition) is 0. The van der Waals surface area contributed by atoms with Crippen LogP contribution in [0.15, 0.2) is 188 Å². The Labute approximate surface area is 416 Å². The van der Waals surface area contributed by atoms with E-state index in [1.165, 1.54) is 138 Å². The van der Waals surface area contributed by atoms with E-state index >= 15 is 0 Å². The van der Waals surface area contributed by atoms with Gasteiger partial charge in [0.1, 0.15) is 0 Å². The Morgan fingerprint density at radius 2 is 1.11 bits per heavy atom. The summed E-state index contributed by atoms with van der Waals surface area (Å²) in [6, 6.07) is 72.7. The number of nitrogens with zero attached hydrogens (tertiary/aromatic N) is 2. The van der Waals surface area contributed by atoms with Crippen LogP contribution in [0.1, 0.15) is 85.0 Å². The van der Waals surface area contributed by atoms with Crippen molar-refractivity contribution >= 4 is 78.0 Å². The molecule has 0 fully saturated rings.